The zero-order chi connectivity index (χ0) is 24.1. The molecule has 0 bridgehead atoms. The maximum atomic E-state index is 13.1. The van der Waals surface area contributed by atoms with Gasteiger partial charge in [0.15, 0.2) is 0 Å². The second-order valence-electron chi connectivity index (χ2n) is 8.07. The highest BCUT2D eigenvalue weighted by Crippen LogP contribution is 2.40. The minimum Gasteiger partial charge on any atom is -0.507 e. The fourth-order valence-electron chi connectivity index (χ4n) is 4.03. The van der Waals surface area contributed by atoms with Crippen LogP contribution in [0, 0.1) is 0 Å². The molecule has 34 heavy (non-hydrogen) atoms. The van der Waals surface area contributed by atoms with Gasteiger partial charge in [-0.1, -0.05) is 35.0 Å². The minimum atomic E-state index is -0.681. The van der Waals surface area contributed by atoms with Gasteiger partial charge in [-0.2, -0.15) is 0 Å². The van der Waals surface area contributed by atoms with Crippen molar-refractivity contribution in [1.82, 2.24) is 14.5 Å². The van der Waals surface area contributed by atoms with Gasteiger partial charge in [0.25, 0.3) is 11.7 Å². The number of aromatic nitrogens is 2. The number of nitrogens with zero attached hydrogens (tertiary/aromatic N) is 3. The number of likely N-dealkylation sites (tertiary alicyclic amines) is 1. The van der Waals surface area contributed by atoms with Crippen LogP contribution in [0.1, 0.15) is 36.9 Å². The fraction of sp³-hybridized carbons (Fsp3) is 0.269. The minimum absolute atomic E-state index is 0.0946. The number of ether oxygens (including phenoxy) is 1. The number of halogens is 1. The van der Waals surface area contributed by atoms with Crippen LogP contribution < -0.4 is 4.74 Å². The van der Waals surface area contributed by atoms with Crippen molar-refractivity contribution in [2.45, 2.75) is 32.4 Å². The number of imidazole rings is 1. The van der Waals surface area contributed by atoms with E-state index in [-0.39, 0.29) is 11.3 Å². The molecule has 0 spiro atoms. The van der Waals surface area contributed by atoms with Gasteiger partial charge in [-0.05, 0) is 54.8 Å². The molecule has 0 saturated carbocycles. The summed E-state index contributed by atoms with van der Waals surface area (Å²) in [5.74, 6) is -0.796. The first-order chi connectivity index (χ1) is 16.5. The van der Waals surface area contributed by atoms with E-state index >= 15 is 0 Å². The Bertz CT molecular complexity index is 1170. The molecule has 2 heterocycles. The van der Waals surface area contributed by atoms with E-state index in [0.717, 1.165) is 16.5 Å². The Kier molecular flexibility index (Phi) is 7.47. The molecular weight excluding hydrogens is 498 g/mol. The number of amides is 1. The number of carbonyl (C=O) groups excluding carboxylic acids is 2. The first-order valence-electron chi connectivity index (χ1n) is 11.2. The Hall–Kier alpha value is -3.39. The largest absolute Gasteiger partial charge is 0.507 e. The SMILES string of the molecule is CCCOc1ccc(C(O)=C2C(=O)C(=O)N(CCCn3ccnc3)C2c2ccc(Br)cc2)cc1. The highest BCUT2D eigenvalue weighted by Gasteiger charge is 2.45. The Morgan fingerprint density at radius 1 is 1.09 bits per heavy atom. The molecule has 1 N–H and O–H groups in total. The van der Waals surface area contributed by atoms with Gasteiger partial charge in [0.2, 0.25) is 0 Å². The van der Waals surface area contributed by atoms with Crippen molar-refractivity contribution >= 4 is 33.4 Å². The van der Waals surface area contributed by atoms with Crippen molar-refractivity contribution in [2.24, 2.45) is 0 Å². The number of hydrogen-bond donors (Lipinski definition) is 1. The molecule has 4 rings (SSSR count). The van der Waals surface area contributed by atoms with Crippen LogP contribution in [-0.4, -0.2) is 44.4 Å². The number of benzene rings is 2. The zero-order valence-electron chi connectivity index (χ0n) is 18.9. The lowest BCUT2D eigenvalue weighted by Gasteiger charge is -2.25. The molecule has 0 radical (unpaired) electrons. The number of aliphatic hydroxyl groups excluding tert-OH is 1. The van der Waals surface area contributed by atoms with E-state index in [2.05, 4.69) is 20.9 Å². The van der Waals surface area contributed by atoms with Crippen LogP contribution in [0.3, 0.4) is 0 Å². The summed E-state index contributed by atoms with van der Waals surface area (Å²) >= 11 is 3.43. The third-order valence-corrected chi connectivity index (χ3v) is 6.23. The second-order valence-corrected chi connectivity index (χ2v) is 8.99. The van der Waals surface area contributed by atoms with Crippen molar-refractivity contribution in [3.63, 3.8) is 0 Å². The number of Topliss-reactive ketones (excluding diaryl/α,β-unsaturated/α-hetero) is 1. The van der Waals surface area contributed by atoms with Crippen LogP contribution in [0.4, 0.5) is 0 Å². The van der Waals surface area contributed by atoms with Crippen molar-refractivity contribution < 1.29 is 19.4 Å². The van der Waals surface area contributed by atoms with Crippen LogP contribution in [0.2, 0.25) is 0 Å². The molecule has 1 aromatic heterocycles. The van der Waals surface area contributed by atoms with E-state index in [1.165, 1.54) is 0 Å². The lowest BCUT2D eigenvalue weighted by Crippen LogP contribution is -2.31. The normalized spacial score (nSPS) is 17.4. The molecule has 1 aliphatic rings. The summed E-state index contributed by atoms with van der Waals surface area (Å²) in [6.07, 6.45) is 6.80. The lowest BCUT2D eigenvalue weighted by molar-refractivity contribution is -0.139. The predicted molar refractivity (Wildman–Crippen MR) is 132 cm³/mol. The quantitative estimate of drug-likeness (QED) is 0.243. The van der Waals surface area contributed by atoms with Crippen molar-refractivity contribution in [1.29, 1.82) is 0 Å². The van der Waals surface area contributed by atoms with Crippen LogP contribution in [0.25, 0.3) is 5.76 Å². The summed E-state index contributed by atoms with van der Waals surface area (Å²) in [5.41, 5.74) is 1.31. The average molecular weight is 524 g/mol. The monoisotopic (exact) mass is 523 g/mol. The van der Waals surface area contributed by atoms with Crippen molar-refractivity contribution in [3.8, 4) is 5.75 Å². The van der Waals surface area contributed by atoms with Crippen molar-refractivity contribution in [2.75, 3.05) is 13.2 Å². The highest BCUT2D eigenvalue weighted by atomic mass is 79.9. The van der Waals surface area contributed by atoms with Gasteiger partial charge in [0.05, 0.1) is 24.5 Å². The lowest BCUT2D eigenvalue weighted by atomic mass is 9.95. The third kappa shape index (κ3) is 5.07. The summed E-state index contributed by atoms with van der Waals surface area (Å²) in [4.78, 5) is 31.8. The maximum Gasteiger partial charge on any atom is 0.295 e. The standard InChI is InChI=1S/C26H26BrN3O4/c1-2-16-34-21-10-6-19(7-11-21)24(31)22-23(18-4-8-20(27)9-5-18)30(26(33)25(22)32)14-3-13-29-15-12-28-17-29/h4-12,15,17,23,31H,2-3,13-14,16H2,1H3. The summed E-state index contributed by atoms with van der Waals surface area (Å²) in [6, 6.07) is 13.7. The van der Waals surface area contributed by atoms with E-state index in [4.69, 9.17) is 4.74 Å². The molecule has 1 aliphatic heterocycles. The first-order valence-corrected chi connectivity index (χ1v) is 12.0. The molecule has 1 atom stereocenters. The molecule has 0 aliphatic carbocycles. The van der Waals surface area contributed by atoms with Gasteiger partial charge in [0, 0.05) is 35.5 Å². The zero-order valence-corrected chi connectivity index (χ0v) is 20.4. The number of rotatable bonds is 9. The van der Waals surface area contributed by atoms with Gasteiger partial charge in [-0.25, -0.2) is 4.98 Å². The van der Waals surface area contributed by atoms with E-state index in [9.17, 15) is 14.7 Å². The Balaban J connectivity index is 1.67. The summed E-state index contributed by atoms with van der Waals surface area (Å²) in [5, 5.41) is 11.2. The fourth-order valence-corrected chi connectivity index (χ4v) is 4.29. The summed E-state index contributed by atoms with van der Waals surface area (Å²) in [7, 11) is 0. The van der Waals surface area contributed by atoms with Crippen LogP contribution in [-0.2, 0) is 16.1 Å². The molecule has 1 saturated heterocycles. The average Bonchev–Trinajstić information content (AvgIpc) is 3.45. The summed E-state index contributed by atoms with van der Waals surface area (Å²) < 4.78 is 8.42. The van der Waals surface area contributed by atoms with Gasteiger partial charge in [-0.15, -0.1) is 0 Å². The molecule has 1 unspecified atom stereocenters. The maximum absolute atomic E-state index is 13.1. The molecular formula is C26H26BrN3O4. The molecule has 3 aromatic rings. The summed E-state index contributed by atoms with van der Waals surface area (Å²) in [6.45, 7) is 3.65. The van der Waals surface area contributed by atoms with Crippen LogP contribution in [0.5, 0.6) is 5.75 Å². The highest BCUT2D eigenvalue weighted by molar-refractivity contribution is 9.10. The Morgan fingerprint density at radius 3 is 2.47 bits per heavy atom. The Morgan fingerprint density at radius 2 is 1.82 bits per heavy atom. The smallest absolute Gasteiger partial charge is 0.295 e. The molecule has 1 amide bonds. The van der Waals surface area contributed by atoms with Gasteiger partial charge in [0.1, 0.15) is 11.5 Å². The molecule has 1 fully saturated rings. The van der Waals surface area contributed by atoms with Crippen molar-refractivity contribution in [3.05, 3.63) is 88.4 Å². The van der Waals surface area contributed by atoms with Crippen LogP contribution in [0.15, 0.2) is 77.3 Å². The van der Waals surface area contributed by atoms with E-state index in [1.54, 1.807) is 41.7 Å². The second kappa shape index (κ2) is 10.7. The van der Waals surface area contributed by atoms with Gasteiger partial charge in [-0.3, -0.25) is 9.59 Å². The number of aliphatic hydroxyl groups is 1. The topological polar surface area (TPSA) is 84.7 Å². The number of ketones is 1. The molecule has 7 nitrogen and oxygen atoms in total. The van der Waals surface area contributed by atoms with Gasteiger partial charge >= 0.3 is 0 Å². The third-order valence-electron chi connectivity index (χ3n) is 5.70. The number of aryl methyl sites for hydroxylation is 1. The number of carbonyl (C=O) groups is 2. The molecule has 8 heteroatoms. The Labute approximate surface area is 206 Å². The van der Waals surface area contributed by atoms with Gasteiger partial charge < -0.3 is 19.3 Å². The van der Waals surface area contributed by atoms with E-state index in [1.807, 2.05) is 42.0 Å². The van der Waals surface area contributed by atoms with Crippen LogP contribution >= 0.6 is 15.9 Å². The molecule has 2 aromatic carbocycles. The van der Waals surface area contributed by atoms with E-state index < -0.39 is 17.7 Å². The van der Waals surface area contributed by atoms with E-state index in [0.29, 0.717) is 37.4 Å². The predicted octanol–water partition coefficient (Wildman–Crippen LogP) is 4.95. The first kappa shape index (κ1) is 23.8. The number of hydrogen-bond acceptors (Lipinski definition) is 5. The molecule has 176 valence electrons.